The minimum atomic E-state index is -0.337. The molecule has 0 unspecified atom stereocenters. The molecule has 1 aliphatic rings. The third kappa shape index (κ3) is 18.6. The summed E-state index contributed by atoms with van der Waals surface area (Å²) >= 11 is 0. The van der Waals surface area contributed by atoms with Gasteiger partial charge in [-0.1, -0.05) is 181 Å². The van der Waals surface area contributed by atoms with E-state index in [0.717, 1.165) is 35.5 Å². The molecule has 0 aromatic heterocycles. The summed E-state index contributed by atoms with van der Waals surface area (Å²) < 4.78 is 38.1. The van der Waals surface area contributed by atoms with Crippen LogP contribution in [0.3, 0.4) is 0 Å². The van der Waals surface area contributed by atoms with Gasteiger partial charge in [0.05, 0.1) is 51.0 Å². The summed E-state index contributed by atoms with van der Waals surface area (Å²) in [6, 6.07) is 30.8. The van der Waals surface area contributed by atoms with Crippen LogP contribution < -0.4 is 0 Å². The topological polar surface area (TPSA) is 55.4 Å². The second-order valence-electron chi connectivity index (χ2n) is 14.9. The van der Waals surface area contributed by atoms with Crippen molar-refractivity contribution in [3.05, 3.63) is 120 Å². The number of ether oxygens (including phenoxy) is 6. The molecule has 298 valence electrons. The quantitative estimate of drug-likeness (QED) is 0.0634. The average Bonchev–Trinajstić information content (AvgIpc) is 3.21. The predicted octanol–water partition coefficient (Wildman–Crippen LogP) is 11.9. The molecule has 0 spiro atoms. The van der Waals surface area contributed by atoms with E-state index in [4.69, 9.17) is 28.4 Å². The second kappa shape index (κ2) is 28.4. The number of benzene rings is 3. The maximum absolute atomic E-state index is 6.67. The summed E-state index contributed by atoms with van der Waals surface area (Å²) in [5.41, 5.74) is 3.37. The first-order valence-corrected chi connectivity index (χ1v) is 21.1. The molecule has 0 saturated carbocycles. The minimum Gasteiger partial charge on any atom is -0.490 e. The fourth-order valence-corrected chi connectivity index (χ4v) is 7.01. The molecule has 0 bridgehead atoms. The molecule has 54 heavy (non-hydrogen) atoms. The van der Waals surface area contributed by atoms with E-state index in [9.17, 15) is 0 Å². The molecule has 4 atom stereocenters. The van der Waals surface area contributed by atoms with Gasteiger partial charge >= 0.3 is 0 Å². The maximum atomic E-state index is 6.67. The Balaban J connectivity index is 1.23. The van der Waals surface area contributed by atoms with Crippen LogP contribution >= 0.6 is 0 Å². The zero-order chi connectivity index (χ0) is 37.7. The smallest absolute Gasteiger partial charge is 0.150 e. The highest BCUT2D eigenvalue weighted by atomic mass is 16.6. The molecular formula is C48H70O6. The summed E-state index contributed by atoms with van der Waals surface area (Å²) in [4.78, 5) is 0. The molecule has 0 radical (unpaired) electrons. The van der Waals surface area contributed by atoms with Gasteiger partial charge in [-0.3, -0.25) is 0 Å². The predicted molar refractivity (Wildman–Crippen MR) is 220 cm³/mol. The van der Waals surface area contributed by atoms with Crippen molar-refractivity contribution < 1.29 is 28.4 Å². The SMILES string of the molecule is CCCCCCCCCCCCCCCCOC[C@H](C/C=C1\C[C@@H](OCc2ccccc2)[C@H](OCc2ccccc2)[C@@H](COCc2ccccc2)O1)OC. The van der Waals surface area contributed by atoms with Crippen LogP contribution in [0.5, 0.6) is 0 Å². The molecule has 3 aromatic carbocycles. The van der Waals surface area contributed by atoms with Crippen molar-refractivity contribution in [3.63, 3.8) is 0 Å². The van der Waals surface area contributed by atoms with Crippen LogP contribution in [0.25, 0.3) is 0 Å². The van der Waals surface area contributed by atoms with E-state index < -0.39 is 0 Å². The Morgan fingerprint density at radius 1 is 0.611 bits per heavy atom. The van der Waals surface area contributed by atoms with Gasteiger partial charge in [-0.2, -0.15) is 0 Å². The highest BCUT2D eigenvalue weighted by molar-refractivity contribution is 5.16. The first-order chi connectivity index (χ1) is 26.7. The Labute approximate surface area is 327 Å². The van der Waals surface area contributed by atoms with Gasteiger partial charge in [-0.15, -0.1) is 0 Å². The number of rotatable bonds is 30. The Kier molecular flexibility index (Phi) is 23.0. The third-order valence-electron chi connectivity index (χ3n) is 10.3. The molecule has 1 aliphatic heterocycles. The van der Waals surface area contributed by atoms with Crippen molar-refractivity contribution in [2.24, 2.45) is 0 Å². The molecule has 0 N–H and O–H groups in total. The van der Waals surface area contributed by atoms with Crippen molar-refractivity contribution in [1.82, 2.24) is 0 Å². The lowest BCUT2D eigenvalue weighted by molar-refractivity contribution is -0.178. The van der Waals surface area contributed by atoms with E-state index in [-0.39, 0.29) is 24.4 Å². The summed E-state index contributed by atoms with van der Waals surface area (Å²) in [6.45, 7) is 5.48. The minimum absolute atomic E-state index is 0.0451. The van der Waals surface area contributed by atoms with Gasteiger partial charge in [0.25, 0.3) is 0 Å². The van der Waals surface area contributed by atoms with Gasteiger partial charge in [0.15, 0.2) is 6.10 Å². The van der Waals surface area contributed by atoms with Crippen LogP contribution in [0.15, 0.2) is 103 Å². The van der Waals surface area contributed by atoms with Gasteiger partial charge in [0.1, 0.15) is 6.10 Å². The highest BCUT2D eigenvalue weighted by Gasteiger charge is 2.39. The molecule has 0 aliphatic carbocycles. The van der Waals surface area contributed by atoms with E-state index in [0.29, 0.717) is 45.9 Å². The Morgan fingerprint density at radius 2 is 1.11 bits per heavy atom. The van der Waals surface area contributed by atoms with Crippen molar-refractivity contribution >= 4 is 0 Å². The van der Waals surface area contributed by atoms with Gasteiger partial charge < -0.3 is 28.4 Å². The van der Waals surface area contributed by atoms with E-state index >= 15 is 0 Å². The molecule has 1 heterocycles. The van der Waals surface area contributed by atoms with E-state index in [1.807, 2.05) is 54.6 Å². The van der Waals surface area contributed by atoms with Crippen molar-refractivity contribution in [2.45, 2.75) is 154 Å². The molecule has 6 heteroatoms. The van der Waals surface area contributed by atoms with Gasteiger partial charge in [-0.05, 0) is 35.6 Å². The molecule has 6 nitrogen and oxygen atoms in total. The summed E-state index contributed by atoms with van der Waals surface area (Å²) in [5.74, 6) is 0.884. The number of hydrogen-bond donors (Lipinski definition) is 0. The molecule has 1 saturated heterocycles. The number of hydrogen-bond acceptors (Lipinski definition) is 6. The fraction of sp³-hybridized carbons (Fsp3) is 0.583. The van der Waals surface area contributed by atoms with Crippen LogP contribution in [0.4, 0.5) is 0 Å². The first-order valence-electron chi connectivity index (χ1n) is 21.1. The first kappa shape index (κ1) is 43.7. The van der Waals surface area contributed by atoms with Gasteiger partial charge in [0.2, 0.25) is 0 Å². The van der Waals surface area contributed by atoms with Crippen LogP contribution in [-0.2, 0) is 48.2 Å². The van der Waals surface area contributed by atoms with Crippen molar-refractivity contribution in [3.8, 4) is 0 Å². The van der Waals surface area contributed by atoms with Crippen LogP contribution in [0.1, 0.15) is 126 Å². The van der Waals surface area contributed by atoms with Crippen LogP contribution in [0, 0.1) is 0 Å². The van der Waals surface area contributed by atoms with Crippen LogP contribution in [-0.4, -0.2) is 51.3 Å². The number of unbranched alkanes of at least 4 members (excludes halogenated alkanes) is 13. The monoisotopic (exact) mass is 743 g/mol. The number of methoxy groups -OCH3 is 1. The molecule has 4 rings (SSSR count). The summed E-state index contributed by atoms with van der Waals surface area (Å²) in [6.07, 6.45) is 21.6. The van der Waals surface area contributed by atoms with E-state index in [1.165, 1.54) is 83.5 Å². The van der Waals surface area contributed by atoms with Gasteiger partial charge in [-0.25, -0.2) is 0 Å². The van der Waals surface area contributed by atoms with E-state index in [2.05, 4.69) is 49.4 Å². The molecule has 1 fully saturated rings. The summed E-state index contributed by atoms with van der Waals surface area (Å²) in [5, 5.41) is 0. The van der Waals surface area contributed by atoms with Crippen LogP contribution in [0.2, 0.25) is 0 Å². The third-order valence-corrected chi connectivity index (χ3v) is 10.3. The Bertz CT molecular complexity index is 1330. The van der Waals surface area contributed by atoms with Crippen molar-refractivity contribution in [1.29, 1.82) is 0 Å². The zero-order valence-electron chi connectivity index (χ0n) is 33.6. The average molecular weight is 743 g/mol. The lowest BCUT2D eigenvalue weighted by Gasteiger charge is -2.39. The Morgan fingerprint density at radius 3 is 1.65 bits per heavy atom. The largest absolute Gasteiger partial charge is 0.490 e. The van der Waals surface area contributed by atoms with Gasteiger partial charge in [0, 0.05) is 20.1 Å². The fourth-order valence-electron chi connectivity index (χ4n) is 7.01. The molecule has 0 amide bonds. The lowest BCUT2D eigenvalue weighted by atomic mass is 9.99. The normalized spacial score (nSPS) is 18.5. The maximum Gasteiger partial charge on any atom is 0.150 e. The standard InChI is InChI=1S/C48H70O6/c1-3-4-5-6-7-8-9-10-11-12-13-14-15-25-34-50-39-45(49-2)33-32-44-35-46(52-37-42-28-21-17-22-29-42)48(53-38-43-30-23-18-24-31-43)47(54-44)40-51-36-41-26-19-16-20-27-41/h16-24,26-32,45-48H,3-15,25,33-40H2,1-2H3/b44-32+/t45-,46+,47+,48-/m0/s1. The zero-order valence-corrected chi connectivity index (χ0v) is 33.6. The Hall–Kier alpha value is -3.00. The van der Waals surface area contributed by atoms with Crippen molar-refractivity contribution in [2.75, 3.05) is 26.9 Å². The summed E-state index contributed by atoms with van der Waals surface area (Å²) in [7, 11) is 1.76. The molecular weight excluding hydrogens is 673 g/mol. The van der Waals surface area contributed by atoms with E-state index in [1.54, 1.807) is 7.11 Å². The lowest BCUT2D eigenvalue weighted by Crippen LogP contribution is -2.48. The second-order valence-corrected chi connectivity index (χ2v) is 14.9. The molecule has 3 aromatic rings. The highest BCUT2D eigenvalue weighted by Crippen LogP contribution is 2.30.